The molecule has 0 aromatic heterocycles. The number of allylic oxidation sites excluding steroid dienone is 8. The molecule has 3 heteroatoms. The molecule has 0 aliphatic heterocycles. The van der Waals surface area contributed by atoms with Gasteiger partial charge in [0.15, 0.2) is 0 Å². The van der Waals surface area contributed by atoms with E-state index < -0.39 is 17.0 Å². The molecule has 23 heavy (non-hydrogen) atoms. The third-order valence-corrected chi connectivity index (χ3v) is 3.73. The summed E-state index contributed by atoms with van der Waals surface area (Å²) in [6.45, 7) is 17.6. The molecule has 0 aromatic rings. The van der Waals surface area contributed by atoms with Gasteiger partial charge in [0.05, 0.1) is 0 Å². The second kappa shape index (κ2) is 10.3. The average Bonchev–Trinajstić information content (AvgIpc) is 2.98. The minimum absolute atomic E-state index is 0.314. The third-order valence-electron chi connectivity index (χ3n) is 3.73. The van der Waals surface area contributed by atoms with Crippen LogP contribution < -0.4 is 0 Å². The van der Waals surface area contributed by atoms with E-state index in [9.17, 15) is 0 Å². The fraction of sp³-hybridized carbons (Fsp3) is 0.600. The van der Waals surface area contributed by atoms with Gasteiger partial charge in [-0.15, -0.1) is 0 Å². The monoisotopic (exact) mass is 388 g/mol. The summed E-state index contributed by atoms with van der Waals surface area (Å²) in [4.78, 5) is 0. The Hall–Kier alpha value is 0.254. The zero-order valence-electron chi connectivity index (χ0n) is 15.8. The molecule has 0 N–H and O–H groups in total. The molecule has 2 aliphatic carbocycles. The minimum atomic E-state index is -0.556. The molecule has 0 atom stereocenters. The zero-order chi connectivity index (χ0) is 18.3. The van der Waals surface area contributed by atoms with Crippen LogP contribution in [0.4, 0.5) is 0 Å². The van der Waals surface area contributed by atoms with E-state index in [-0.39, 0.29) is 0 Å². The predicted molar refractivity (Wildman–Crippen MR) is 101 cm³/mol. The second-order valence-corrected chi connectivity index (χ2v) is 10.5. The van der Waals surface area contributed by atoms with Gasteiger partial charge in [-0.3, -0.25) is 0 Å². The molecule has 0 saturated carbocycles. The second-order valence-electron chi connectivity index (χ2n) is 7.96. The summed E-state index contributed by atoms with van der Waals surface area (Å²) in [5.74, 6) is 0. The Morgan fingerprint density at radius 3 is 1.13 bits per heavy atom. The van der Waals surface area contributed by atoms with Crippen molar-refractivity contribution in [2.75, 3.05) is 0 Å². The molecule has 0 radical (unpaired) electrons. The van der Waals surface area contributed by atoms with Crippen molar-refractivity contribution in [3.05, 3.63) is 46.6 Å². The van der Waals surface area contributed by atoms with Crippen LogP contribution in [0.15, 0.2) is 34.4 Å². The topological polar surface area (TPSA) is 0 Å². The number of hydrogen-bond donors (Lipinski definition) is 0. The molecule has 0 bridgehead atoms. The maximum absolute atomic E-state index is 4.89. The standard InChI is InChI=1S/2C10H15.2ClH.Ti/c2*1-8-5-6-9(7-8)10(2,3)4;;;/h2*5H,6H2,1-4H3;2*1H;/q2*-1;;;+2/p-2. The van der Waals surface area contributed by atoms with Crippen LogP contribution in [-0.2, 0) is 17.0 Å². The van der Waals surface area contributed by atoms with E-state index in [1.165, 1.54) is 22.3 Å². The van der Waals surface area contributed by atoms with Crippen molar-refractivity contribution in [1.29, 1.82) is 0 Å². The van der Waals surface area contributed by atoms with Gasteiger partial charge >= 0.3 is 35.6 Å². The molecule has 130 valence electrons. The van der Waals surface area contributed by atoms with Crippen molar-refractivity contribution in [2.45, 2.75) is 68.2 Å². The quantitative estimate of drug-likeness (QED) is 0.296. The zero-order valence-corrected chi connectivity index (χ0v) is 18.9. The Labute approximate surface area is 160 Å². The Kier molecular flexibility index (Phi) is 10.4. The maximum atomic E-state index is 4.89. The van der Waals surface area contributed by atoms with E-state index in [1.807, 2.05) is 0 Å². The molecule has 0 amide bonds. The summed E-state index contributed by atoms with van der Waals surface area (Å²) in [5, 5.41) is 0. The summed E-state index contributed by atoms with van der Waals surface area (Å²) in [7, 11) is 9.78. The van der Waals surface area contributed by atoms with Crippen LogP contribution in [0.2, 0.25) is 0 Å². The predicted octanol–water partition coefficient (Wildman–Crippen LogP) is 7.60. The van der Waals surface area contributed by atoms with Crippen molar-refractivity contribution in [3.63, 3.8) is 0 Å². The van der Waals surface area contributed by atoms with Crippen LogP contribution in [0, 0.1) is 23.0 Å². The van der Waals surface area contributed by atoms with Gasteiger partial charge < -0.3 is 0 Å². The Morgan fingerprint density at radius 2 is 1.04 bits per heavy atom. The van der Waals surface area contributed by atoms with Gasteiger partial charge in [-0.1, -0.05) is 68.2 Å². The van der Waals surface area contributed by atoms with Gasteiger partial charge in [0.2, 0.25) is 0 Å². The van der Waals surface area contributed by atoms with Crippen LogP contribution >= 0.6 is 18.6 Å². The Bertz CT molecular complexity index is 449. The number of rotatable bonds is 0. The van der Waals surface area contributed by atoms with E-state index in [0.29, 0.717) is 10.8 Å². The fourth-order valence-corrected chi connectivity index (χ4v) is 2.18. The van der Waals surface area contributed by atoms with Gasteiger partial charge in [0, 0.05) is 0 Å². The van der Waals surface area contributed by atoms with Crippen LogP contribution in [0.3, 0.4) is 0 Å². The van der Waals surface area contributed by atoms with Crippen LogP contribution in [0.1, 0.15) is 68.2 Å². The molecule has 2 aliphatic rings. The molecule has 0 nitrogen and oxygen atoms in total. The summed E-state index contributed by atoms with van der Waals surface area (Å²) in [6, 6.07) is 0. The third kappa shape index (κ3) is 9.97. The Morgan fingerprint density at radius 1 is 0.783 bits per heavy atom. The summed E-state index contributed by atoms with van der Waals surface area (Å²) in [6.07, 6.45) is 13.4. The number of halogens is 2. The molecule has 0 fully saturated rings. The summed E-state index contributed by atoms with van der Waals surface area (Å²) >= 11 is -0.556. The van der Waals surface area contributed by atoms with Crippen LogP contribution in [0.25, 0.3) is 0 Å². The van der Waals surface area contributed by atoms with E-state index in [1.54, 1.807) is 0 Å². The first-order valence-electron chi connectivity index (χ1n) is 7.98. The summed E-state index contributed by atoms with van der Waals surface area (Å²) < 4.78 is 0. The molecule has 0 spiro atoms. The first-order chi connectivity index (χ1) is 10.4. The molecular weight excluding hydrogens is 359 g/mol. The van der Waals surface area contributed by atoms with E-state index >= 15 is 0 Å². The molecule has 0 aromatic carbocycles. The van der Waals surface area contributed by atoms with Crippen LogP contribution in [-0.4, -0.2) is 0 Å². The first-order valence-corrected chi connectivity index (χ1v) is 12.3. The van der Waals surface area contributed by atoms with Crippen LogP contribution in [0.5, 0.6) is 0 Å². The van der Waals surface area contributed by atoms with Gasteiger partial charge in [-0.2, -0.15) is 11.1 Å². The van der Waals surface area contributed by atoms with E-state index in [4.69, 9.17) is 18.6 Å². The SMILES string of the molecule is CC1=CCC(C(C)(C)C)=[C-]1.CC1=CCC(C(C)(C)C)=[C-]1.[Cl][Ti][Cl]. The van der Waals surface area contributed by atoms with Gasteiger partial charge in [0.25, 0.3) is 0 Å². The van der Waals surface area contributed by atoms with E-state index in [0.717, 1.165) is 12.8 Å². The van der Waals surface area contributed by atoms with Crippen molar-refractivity contribution in [3.8, 4) is 0 Å². The first kappa shape index (κ1) is 23.3. The van der Waals surface area contributed by atoms with Gasteiger partial charge in [-0.25, -0.2) is 35.5 Å². The summed E-state index contributed by atoms with van der Waals surface area (Å²) in [5.41, 5.74) is 6.09. The normalized spacial score (nSPS) is 17.0. The number of hydrogen-bond acceptors (Lipinski definition) is 0. The van der Waals surface area contributed by atoms with Gasteiger partial charge in [-0.05, 0) is 10.8 Å². The van der Waals surface area contributed by atoms with Crippen molar-refractivity contribution in [1.82, 2.24) is 0 Å². The molecule has 0 saturated heterocycles. The molecule has 0 unspecified atom stereocenters. The Balaban J connectivity index is 0.000000360. The molecule has 0 heterocycles. The van der Waals surface area contributed by atoms with E-state index in [2.05, 4.69) is 79.7 Å². The van der Waals surface area contributed by atoms with Crippen molar-refractivity contribution >= 4 is 18.6 Å². The average molecular weight is 389 g/mol. The van der Waals surface area contributed by atoms with Crippen molar-refractivity contribution < 1.29 is 17.0 Å². The van der Waals surface area contributed by atoms with Gasteiger partial charge in [0.1, 0.15) is 0 Å². The molecular formula is C20H30Cl2Ti-2. The van der Waals surface area contributed by atoms with Crippen molar-refractivity contribution in [2.24, 2.45) is 10.8 Å². The molecule has 2 rings (SSSR count). The fourth-order valence-electron chi connectivity index (χ4n) is 2.18.